The highest BCUT2D eigenvalue weighted by atomic mass is 19.4. The SMILES string of the molecule is O=C(O)C1(C(=O)O)C=CC(C(CF)(C2=CC(C(=O)O)(C(=O)O)C(C(=O)O)(C(=O)O)C=C2)C(F)(F)F)=CC1(C(=O)O)C(=O)O. The summed E-state index contributed by atoms with van der Waals surface area (Å²) in [6.07, 6.45) is -8.38. The molecule has 0 radical (unpaired) electrons. The molecular formula is C23H16F4O16. The van der Waals surface area contributed by atoms with Gasteiger partial charge in [-0.2, -0.15) is 13.2 Å². The van der Waals surface area contributed by atoms with Gasteiger partial charge >= 0.3 is 53.9 Å². The molecule has 0 aliphatic heterocycles. The number of carboxylic acids is 8. The number of carbonyl (C=O) groups is 8. The zero-order chi connectivity index (χ0) is 33.7. The summed E-state index contributed by atoms with van der Waals surface area (Å²) in [6, 6.07) is 0. The number of hydrogen-bond donors (Lipinski definition) is 8. The van der Waals surface area contributed by atoms with E-state index in [1.165, 1.54) is 0 Å². The van der Waals surface area contributed by atoms with Crippen LogP contribution in [0.4, 0.5) is 17.6 Å². The molecule has 0 fully saturated rings. The zero-order valence-corrected chi connectivity index (χ0v) is 20.5. The minimum Gasteiger partial charge on any atom is -0.480 e. The Balaban J connectivity index is 3.28. The van der Waals surface area contributed by atoms with Crippen molar-refractivity contribution in [2.45, 2.75) is 6.18 Å². The smallest absolute Gasteiger partial charge is 0.404 e. The van der Waals surface area contributed by atoms with Gasteiger partial charge in [0.05, 0.1) is 0 Å². The van der Waals surface area contributed by atoms with Crippen LogP contribution in [0.2, 0.25) is 0 Å². The Morgan fingerprint density at radius 3 is 0.907 bits per heavy atom. The molecule has 0 heterocycles. The lowest BCUT2D eigenvalue weighted by Gasteiger charge is -2.45. The summed E-state index contributed by atoms with van der Waals surface area (Å²) in [6.45, 7) is -2.90. The lowest BCUT2D eigenvalue weighted by molar-refractivity contribution is -0.201. The fourth-order valence-corrected chi connectivity index (χ4v) is 4.99. The molecule has 8 N–H and O–H groups in total. The van der Waals surface area contributed by atoms with Crippen molar-refractivity contribution in [3.05, 3.63) is 47.6 Å². The minimum absolute atomic E-state index is 0.159. The van der Waals surface area contributed by atoms with Gasteiger partial charge in [0, 0.05) is 0 Å². The molecule has 232 valence electrons. The van der Waals surface area contributed by atoms with Crippen LogP contribution in [0.5, 0.6) is 0 Å². The first-order chi connectivity index (χ1) is 19.5. The first-order valence-corrected chi connectivity index (χ1v) is 10.8. The van der Waals surface area contributed by atoms with Crippen molar-refractivity contribution >= 4 is 47.8 Å². The van der Waals surface area contributed by atoms with Crippen LogP contribution in [0.15, 0.2) is 47.6 Å². The van der Waals surface area contributed by atoms with Crippen LogP contribution in [0.3, 0.4) is 0 Å². The van der Waals surface area contributed by atoms with E-state index < -0.39 is 111 Å². The van der Waals surface area contributed by atoms with Gasteiger partial charge in [-0.15, -0.1) is 0 Å². The molecule has 0 bridgehead atoms. The molecular weight excluding hydrogens is 608 g/mol. The van der Waals surface area contributed by atoms with Crippen LogP contribution < -0.4 is 0 Å². The molecule has 0 saturated heterocycles. The van der Waals surface area contributed by atoms with Gasteiger partial charge in [0.1, 0.15) is 12.1 Å². The second-order valence-electron chi connectivity index (χ2n) is 9.08. The monoisotopic (exact) mass is 624 g/mol. The Hall–Kier alpha value is -5.56. The summed E-state index contributed by atoms with van der Waals surface area (Å²) in [5, 5.41) is 77.0. The summed E-state index contributed by atoms with van der Waals surface area (Å²) in [4.78, 5) is 96.5. The van der Waals surface area contributed by atoms with E-state index in [9.17, 15) is 96.8 Å². The van der Waals surface area contributed by atoms with Crippen LogP contribution in [0.1, 0.15) is 0 Å². The largest absolute Gasteiger partial charge is 0.480 e. The average molecular weight is 624 g/mol. The Morgan fingerprint density at radius 2 is 0.744 bits per heavy atom. The third-order valence-electron chi connectivity index (χ3n) is 7.38. The first-order valence-electron chi connectivity index (χ1n) is 10.8. The van der Waals surface area contributed by atoms with E-state index in [1.54, 1.807) is 0 Å². The van der Waals surface area contributed by atoms with Gasteiger partial charge in [0.15, 0.2) is 0 Å². The topological polar surface area (TPSA) is 298 Å². The second-order valence-corrected chi connectivity index (χ2v) is 9.08. The normalized spacial score (nSPS) is 19.7. The molecule has 20 heteroatoms. The summed E-state index contributed by atoms with van der Waals surface area (Å²) >= 11 is 0. The molecule has 2 aliphatic carbocycles. The molecule has 0 amide bonds. The van der Waals surface area contributed by atoms with Crippen molar-refractivity contribution in [3.63, 3.8) is 0 Å². The number of rotatable bonds is 11. The summed E-state index contributed by atoms with van der Waals surface area (Å²) in [5.41, 5.74) is -25.4. The lowest BCUT2D eigenvalue weighted by Crippen LogP contribution is -2.62. The quantitative estimate of drug-likeness (QED) is 0.112. The van der Waals surface area contributed by atoms with Crippen molar-refractivity contribution < 1.29 is 96.8 Å². The maximum atomic E-state index is 14.8. The standard InChI is InChI=1S/C23H16F4O16/c24-7-22(23(25,26)27,8-1-3-18(10(28)29,11(30)31)20(5-8,14(36)37)15(38)39)9-2-4-19(12(32)33,13(34)35)21(6-9,16(40)41)17(42)43/h1-6H,7H2,(H,28,29)(H,30,31)(H,32,33)(H,34,35)(H,36,37)(H,38,39)(H,40,41)(H,42,43). The first kappa shape index (κ1) is 33.6. The van der Waals surface area contributed by atoms with Crippen LogP contribution >= 0.6 is 0 Å². The Labute approximate surface area is 232 Å². The van der Waals surface area contributed by atoms with E-state index in [1.807, 2.05) is 0 Å². The van der Waals surface area contributed by atoms with Gasteiger partial charge in [-0.05, 0) is 23.3 Å². The summed E-state index contributed by atoms with van der Waals surface area (Å²) in [7, 11) is 0. The summed E-state index contributed by atoms with van der Waals surface area (Å²) in [5.74, 6) is -22.5. The van der Waals surface area contributed by atoms with E-state index in [4.69, 9.17) is 0 Å². The molecule has 0 atom stereocenters. The zero-order valence-electron chi connectivity index (χ0n) is 20.5. The van der Waals surface area contributed by atoms with Crippen LogP contribution in [-0.2, 0) is 38.4 Å². The molecule has 0 spiro atoms. The Morgan fingerprint density at radius 1 is 0.512 bits per heavy atom. The van der Waals surface area contributed by atoms with Crippen LogP contribution in [0, 0.1) is 27.1 Å². The third-order valence-corrected chi connectivity index (χ3v) is 7.38. The Kier molecular flexibility index (Phi) is 7.87. The molecule has 0 aromatic heterocycles. The fraction of sp³-hybridized carbons (Fsp3) is 0.304. The molecule has 0 unspecified atom stereocenters. The third kappa shape index (κ3) is 3.82. The lowest BCUT2D eigenvalue weighted by atomic mass is 9.54. The van der Waals surface area contributed by atoms with Gasteiger partial charge in [-0.25, -0.2) is 4.39 Å². The van der Waals surface area contributed by atoms with Crippen molar-refractivity contribution in [3.8, 4) is 0 Å². The highest BCUT2D eigenvalue weighted by Gasteiger charge is 2.75. The van der Waals surface area contributed by atoms with Crippen molar-refractivity contribution in [2.75, 3.05) is 6.67 Å². The van der Waals surface area contributed by atoms with Crippen LogP contribution in [0.25, 0.3) is 0 Å². The van der Waals surface area contributed by atoms with E-state index in [0.29, 0.717) is 0 Å². The molecule has 0 aromatic carbocycles. The molecule has 43 heavy (non-hydrogen) atoms. The molecule has 16 nitrogen and oxygen atoms in total. The van der Waals surface area contributed by atoms with Gasteiger partial charge < -0.3 is 40.9 Å². The number of aliphatic carboxylic acids is 8. The van der Waals surface area contributed by atoms with Crippen LogP contribution in [-0.4, -0.2) is 101 Å². The predicted molar refractivity (Wildman–Crippen MR) is 120 cm³/mol. The second kappa shape index (κ2) is 10.1. The van der Waals surface area contributed by atoms with Gasteiger partial charge in [0.25, 0.3) is 0 Å². The highest BCUT2D eigenvalue weighted by molar-refractivity contribution is 6.17. The number of allylic oxidation sites excluding steroid dienone is 4. The number of alkyl halides is 4. The average Bonchev–Trinajstić information content (AvgIpc) is 2.86. The molecule has 2 aliphatic rings. The van der Waals surface area contributed by atoms with E-state index in [2.05, 4.69) is 0 Å². The van der Waals surface area contributed by atoms with E-state index >= 15 is 0 Å². The van der Waals surface area contributed by atoms with Crippen molar-refractivity contribution in [1.29, 1.82) is 0 Å². The maximum Gasteiger partial charge on any atom is 0.404 e. The molecule has 0 aromatic rings. The van der Waals surface area contributed by atoms with E-state index in [0.717, 1.165) is 0 Å². The number of hydrogen-bond acceptors (Lipinski definition) is 8. The Bertz CT molecular complexity index is 1340. The molecule has 0 saturated carbocycles. The summed E-state index contributed by atoms with van der Waals surface area (Å²) < 4.78 is 59.3. The highest BCUT2D eigenvalue weighted by Crippen LogP contribution is 2.59. The van der Waals surface area contributed by atoms with E-state index in [-0.39, 0.29) is 24.3 Å². The predicted octanol–water partition coefficient (Wildman–Crippen LogP) is 0.119. The van der Waals surface area contributed by atoms with Gasteiger partial charge in [0.2, 0.25) is 21.7 Å². The van der Waals surface area contributed by atoms with Gasteiger partial charge in [-0.1, -0.05) is 24.3 Å². The fourth-order valence-electron chi connectivity index (χ4n) is 4.99. The number of carboxylic acid groups (broad SMARTS) is 8. The van der Waals surface area contributed by atoms with Crippen molar-refractivity contribution in [2.24, 2.45) is 27.1 Å². The van der Waals surface area contributed by atoms with Crippen molar-refractivity contribution in [1.82, 2.24) is 0 Å². The maximum absolute atomic E-state index is 14.8. The minimum atomic E-state index is -6.20. The number of halogens is 4. The molecule has 2 rings (SSSR count). The van der Waals surface area contributed by atoms with Gasteiger partial charge in [-0.3, -0.25) is 38.4 Å².